The van der Waals surface area contributed by atoms with Crippen LogP contribution in [0.4, 0.5) is 18.0 Å². The number of thiophene rings is 1. The monoisotopic (exact) mass is 535 g/mol. The first kappa shape index (κ1) is 26.6. The molecule has 2 saturated heterocycles. The lowest BCUT2D eigenvalue weighted by atomic mass is 9.78. The van der Waals surface area contributed by atoms with Gasteiger partial charge in [-0.2, -0.15) is 23.0 Å². The third-order valence-corrected chi connectivity index (χ3v) is 8.00. The lowest BCUT2D eigenvalue weighted by Crippen LogP contribution is -2.46. The van der Waals surface area contributed by atoms with Gasteiger partial charge in [0, 0.05) is 37.1 Å². The van der Waals surface area contributed by atoms with Crippen molar-refractivity contribution < 1.29 is 27.6 Å². The standard InChI is InChI=1S/C23H22F3N5O3S.C2H6/c24-23(25,26)15-2-1-14-11-18(35-17(14)12-15)20(33)30-10-6-22(13-30)4-8-29(9-5-22)21(34)31-7-3-16(28-31)19(27)32;1-2/h1-3,7,11-12H,4-6,8-10,13H2,(H2,27,32);1-2H3. The molecule has 2 aliphatic heterocycles. The molecule has 5 rings (SSSR count). The zero-order valence-corrected chi connectivity index (χ0v) is 21.4. The largest absolute Gasteiger partial charge is 0.416 e. The Morgan fingerprint density at radius 1 is 1.00 bits per heavy atom. The minimum absolute atomic E-state index is 0.0210. The third kappa shape index (κ3) is 5.34. The summed E-state index contributed by atoms with van der Waals surface area (Å²) in [6.07, 6.45) is -0.786. The Bertz CT molecular complexity index is 1320. The molecule has 0 saturated carbocycles. The summed E-state index contributed by atoms with van der Waals surface area (Å²) in [5.74, 6) is -0.880. The minimum atomic E-state index is -4.43. The maximum Gasteiger partial charge on any atom is 0.416 e. The Kier molecular flexibility index (Phi) is 7.31. The van der Waals surface area contributed by atoms with Crippen molar-refractivity contribution in [3.05, 3.63) is 52.7 Å². The molecule has 12 heteroatoms. The van der Waals surface area contributed by atoms with Crippen molar-refractivity contribution in [1.29, 1.82) is 0 Å². The second-order valence-electron chi connectivity index (χ2n) is 9.12. The average molecular weight is 536 g/mol. The SMILES string of the molecule is CC.NC(=O)c1ccn(C(=O)N2CCC3(CCN(C(=O)c4cc5ccc(C(F)(F)F)cc5s4)C3)CC2)n1. The Morgan fingerprint density at radius 3 is 2.24 bits per heavy atom. The number of alkyl halides is 3. The highest BCUT2D eigenvalue weighted by molar-refractivity contribution is 7.20. The van der Waals surface area contributed by atoms with Crippen molar-refractivity contribution in [2.24, 2.45) is 11.1 Å². The summed E-state index contributed by atoms with van der Waals surface area (Å²) in [7, 11) is 0. The molecule has 1 aromatic carbocycles. The second kappa shape index (κ2) is 10.2. The maximum atomic E-state index is 13.1. The molecule has 0 bridgehead atoms. The fraction of sp³-hybridized carbons (Fsp3) is 0.440. The number of piperidine rings is 1. The van der Waals surface area contributed by atoms with Gasteiger partial charge in [0.25, 0.3) is 11.8 Å². The van der Waals surface area contributed by atoms with Crippen LogP contribution in [0.25, 0.3) is 10.1 Å². The van der Waals surface area contributed by atoms with Gasteiger partial charge in [-0.25, -0.2) is 4.79 Å². The van der Waals surface area contributed by atoms with Crippen LogP contribution >= 0.6 is 11.3 Å². The van der Waals surface area contributed by atoms with E-state index in [-0.39, 0.29) is 23.0 Å². The molecular formula is C25H28F3N5O3S. The molecule has 2 N–H and O–H groups in total. The highest BCUT2D eigenvalue weighted by atomic mass is 32.1. The number of fused-ring (bicyclic) bond motifs is 1. The number of likely N-dealkylation sites (tertiary alicyclic amines) is 2. The van der Waals surface area contributed by atoms with Gasteiger partial charge in [0.15, 0.2) is 5.69 Å². The molecule has 0 aliphatic carbocycles. The predicted octanol–water partition coefficient (Wildman–Crippen LogP) is 4.84. The maximum absolute atomic E-state index is 13.1. The fourth-order valence-electron chi connectivity index (χ4n) is 4.86. The summed E-state index contributed by atoms with van der Waals surface area (Å²) in [5, 5.41) is 4.53. The molecule has 0 atom stereocenters. The average Bonchev–Trinajstić information content (AvgIpc) is 3.62. The van der Waals surface area contributed by atoms with Crippen LogP contribution in [0, 0.1) is 5.41 Å². The van der Waals surface area contributed by atoms with E-state index in [9.17, 15) is 27.6 Å². The van der Waals surface area contributed by atoms with Crippen LogP contribution in [0.2, 0.25) is 0 Å². The fourth-order valence-corrected chi connectivity index (χ4v) is 5.93. The Balaban J connectivity index is 0.00000156. The van der Waals surface area contributed by atoms with Gasteiger partial charge in [0.2, 0.25) is 0 Å². The molecule has 2 fully saturated rings. The molecule has 198 valence electrons. The van der Waals surface area contributed by atoms with E-state index in [4.69, 9.17) is 5.73 Å². The van der Waals surface area contributed by atoms with E-state index >= 15 is 0 Å². The number of hydrogen-bond acceptors (Lipinski definition) is 5. The summed E-state index contributed by atoms with van der Waals surface area (Å²) in [4.78, 5) is 40.9. The van der Waals surface area contributed by atoms with Gasteiger partial charge in [-0.1, -0.05) is 19.9 Å². The zero-order valence-electron chi connectivity index (χ0n) is 20.5. The second-order valence-corrected chi connectivity index (χ2v) is 10.2. The van der Waals surface area contributed by atoms with E-state index in [1.807, 2.05) is 13.8 Å². The Labute approximate surface area is 215 Å². The first-order valence-corrected chi connectivity index (χ1v) is 12.9. The first-order chi connectivity index (χ1) is 17.5. The van der Waals surface area contributed by atoms with Crippen molar-refractivity contribution in [2.45, 2.75) is 39.3 Å². The van der Waals surface area contributed by atoms with Crippen molar-refractivity contribution >= 4 is 39.3 Å². The number of amides is 3. The molecule has 0 unspecified atom stereocenters. The number of aromatic nitrogens is 2. The topological polar surface area (TPSA) is 102 Å². The minimum Gasteiger partial charge on any atom is -0.364 e. The molecule has 0 radical (unpaired) electrons. The van der Waals surface area contributed by atoms with Gasteiger partial charge in [0.05, 0.1) is 10.4 Å². The van der Waals surface area contributed by atoms with E-state index in [1.165, 1.54) is 18.3 Å². The van der Waals surface area contributed by atoms with Crippen LogP contribution in [-0.4, -0.2) is 63.6 Å². The highest BCUT2D eigenvalue weighted by Gasteiger charge is 2.43. The first-order valence-electron chi connectivity index (χ1n) is 12.1. The number of halogens is 3. The zero-order chi connectivity index (χ0) is 27.0. The molecule has 4 heterocycles. The van der Waals surface area contributed by atoms with Crippen LogP contribution in [0.1, 0.15) is 58.8 Å². The van der Waals surface area contributed by atoms with Crippen molar-refractivity contribution in [3.63, 3.8) is 0 Å². The number of benzene rings is 1. The van der Waals surface area contributed by atoms with Crippen molar-refractivity contribution in [3.8, 4) is 0 Å². The molecule has 37 heavy (non-hydrogen) atoms. The number of carbonyl (C=O) groups excluding carboxylic acids is 3. The number of nitrogens with two attached hydrogens (primary N) is 1. The van der Waals surface area contributed by atoms with E-state index in [0.717, 1.165) is 34.6 Å². The third-order valence-electron chi connectivity index (χ3n) is 6.92. The van der Waals surface area contributed by atoms with Gasteiger partial charge in [-0.3, -0.25) is 9.59 Å². The smallest absolute Gasteiger partial charge is 0.364 e. The quantitative estimate of drug-likeness (QED) is 0.508. The number of hydrogen-bond donors (Lipinski definition) is 1. The lowest BCUT2D eigenvalue weighted by Gasteiger charge is -2.38. The van der Waals surface area contributed by atoms with Gasteiger partial charge in [0.1, 0.15) is 0 Å². The van der Waals surface area contributed by atoms with Gasteiger partial charge < -0.3 is 15.5 Å². The molecule has 2 aliphatic rings. The van der Waals surface area contributed by atoms with E-state index in [2.05, 4.69) is 5.10 Å². The summed E-state index contributed by atoms with van der Waals surface area (Å²) < 4.78 is 40.6. The van der Waals surface area contributed by atoms with Crippen LogP contribution in [0.5, 0.6) is 0 Å². The van der Waals surface area contributed by atoms with E-state index in [0.29, 0.717) is 54.0 Å². The van der Waals surface area contributed by atoms with Crippen LogP contribution in [0.15, 0.2) is 36.5 Å². The van der Waals surface area contributed by atoms with Gasteiger partial charge >= 0.3 is 12.2 Å². The highest BCUT2D eigenvalue weighted by Crippen LogP contribution is 2.42. The summed E-state index contributed by atoms with van der Waals surface area (Å²) in [6, 6.07) is 6.22. The van der Waals surface area contributed by atoms with Crippen LogP contribution < -0.4 is 5.73 Å². The van der Waals surface area contributed by atoms with E-state index in [1.54, 1.807) is 15.9 Å². The number of carbonyl (C=O) groups is 3. The summed E-state index contributed by atoms with van der Waals surface area (Å²) in [6.45, 7) is 6.10. The molecule has 8 nitrogen and oxygen atoms in total. The Morgan fingerprint density at radius 2 is 1.65 bits per heavy atom. The van der Waals surface area contributed by atoms with Crippen LogP contribution in [0.3, 0.4) is 0 Å². The predicted molar refractivity (Wildman–Crippen MR) is 133 cm³/mol. The van der Waals surface area contributed by atoms with Crippen LogP contribution in [-0.2, 0) is 6.18 Å². The number of primary amides is 1. The normalized spacial score (nSPS) is 17.1. The molecule has 3 aromatic rings. The summed E-state index contributed by atoms with van der Waals surface area (Å²) in [5.41, 5.74) is 4.38. The number of rotatable bonds is 2. The lowest BCUT2D eigenvalue weighted by molar-refractivity contribution is -0.137. The molecule has 2 aromatic heterocycles. The van der Waals surface area contributed by atoms with Gasteiger partial charge in [-0.05, 0) is 54.3 Å². The number of nitrogens with zero attached hydrogens (tertiary/aromatic N) is 4. The molecular weight excluding hydrogens is 507 g/mol. The van der Waals surface area contributed by atoms with E-state index < -0.39 is 17.6 Å². The summed E-state index contributed by atoms with van der Waals surface area (Å²) >= 11 is 1.08. The Hall–Kier alpha value is -3.41. The van der Waals surface area contributed by atoms with Crippen molar-refractivity contribution in [2.75, 3.05) is 26.2 Å². The molecule has 3 amide bonds. The molecule has 1 spiro atoms. The van der Waals surface area contributed by atoms with Crippen molar-refractivity contribution in [1.82, 2.24) is 19.6 Å². The van der Waals surface area contributed by atoms with Gasteiger partial charge in [-0.15, -0.1) is 11.3 Å².